The molecule has 0 aliphatic carbocycles. The molecule has 21 heavy (non-hydrogen) atoms. The molecule has 0 fully saturated rings. The number of halogens is 4. The molecule has 0 saturated carbocycles. The van der Waals surface area contributed by atoms with Gasteiger partial charge in [0, 0.05) is 10.7 Å². The average Bonchev–Trinajstić information content (AvgIpc) is 2.45. The van der Waals surface area contributed by atoms with Crippen LogP contribution in [-0.4, -0.2) is 10.9 Å². The largest absolute Gasteiger partial charge is 0.497 e. The predicted octanol–water partition coefficient (Wildman–Crippen LogP) is 5.87. The molecule has 1 atom stereocenters. The van der Waals surface area contributed by atoms with E-state index in [1.165, 1.54) is 0 Å². The number of methoxy groups -OCH3 is 1. The molecular formula is C15H13Cl4NO. The third-order valence-corrected chi connectivity index (χ3v) is 3.84. The second-order valence-electron chi connectivity index (χ2n) is 4.40. The van der Waals surface area contributed by atoms with Gasteiger partial charge in [-0.05, 0) is 42.0 Å². The van der Waals surface area contributed by atoms with E-state index in [1.807, 2.05) is 36.4 Å². The average molecular weight is 365 g/mol. The molecule has 0 aromatic heterocycles. The fraction of sp³-hybridized carbons (Fsp3) is 0.200. The number of hydrogen-bond acceptors (Lipinski definition) is 2. The van der Waals surface area contributed by atoms with Crippen LogP contribution in [0.15, 0.2) is 48.5 Å². The van der Waals surface area contributed by atoms with E-state index < -0.39 is 9.83 Å². The number of benzene rings is 2. The second kappa shape index (κ2) is 6.97. The van der Waals surface area contributed by atoms with Gasteiger partial charge < -0.3 is 10.1 Å². The van der Waals surface area contributed by atoms with Crippen molar-refractivity contribution in [2.75, 3.05) is 12.4 Å². The Labute approximate surface area is 143 Å². The Morgan fingerprint density at radius 2 is 1.52 bits per heavy atom. The van der Waals surface area contributed by atoms with Crippen LogP contribution in [0.5, 0.6) is 5.75 Å². The lowest BCUT2D eigenvalue weighted by Gasteiger charge is -2.27. The van der Waals surface area contributed by atoms with Gasteiger partial charge in [-0.3, -0.25) is 0 Å². The molecule has 0 radical (unpaired) electrons. The monoisotopic (exact) mass is 363 g/mol. The van der Waals surface area contributed by atoms with Crippen molar-refractivity contribution in [3.63, 3.8) is 0 Å². The van der Waals surface area contributed by atoms with Crippen LogP contribution in [0.2, 0.25) is 5.02 Å². The third-order valence-electron chi connectivity index (χ3n) is 2.93. The maximum atomic E-state index is 6.10. The lowest BCUT2D eigenvalue weighted by Crippen LogP contribution is -2.25. The molecule has 1 N–H and O–H groups in total. The highest BCUT2D eigenvalue weighted by molar-refractivity contribution is 6.68. The van der Waals surface area contributed by atoms with Gasteiger partial charge in [0.2, 0.25) is 3.79 Å². The summed E-state index contributed by atoms with van der Waals surface area (Å²) in [7, 11) is 1.60. The van der Waals surface area contributed by atoms with Crippen LogP contribution in [-0.2, 0) is 0 Å². The first-order valence-electron chi connectivity index (χ1n) is 6.13. The summed E-state index contributed by atoms with van der Waals surface area (Å²) in [6.07, 6.45) is 0. The first kappa shape index (κ1) is 16.6. The van der Waals surface area contributed by atoms with Gasteiger partial charge in [-0.25, -0.2) is 0 Å². The van der Waals surface area contributed by atoms with Gasteiger partial charge >= 0.3 is 0 Å². The number of alkyl halides is 3. The molecule has 2 aromatic rings. The number of ether oxygens (including phenoxy) is 1. The molecule has 0 aliphatic rings. The molecule has 2 aromatic carbocycles. The highest BCUT2D eigenvalue weighted by atomic mass is 35.6. The minimum atomic E-state index is -1.51. The molecule has 0 amide bonds. The quantitative estimate of drug-likeness (QED) is 0.684. The standard InChI is InChI=1S/C15H13Cl4NO/c1-21-13-8-2-10(3-9-13)14(15(17,18)19)20-12-6-4-11(16)5-7-12/h2-9,14,20H,1H3. The normalized spacial score (nSPS) is 12.8. The van der Waals surface area contributed by atoms with Crippen molar-refractivity contribution < 1.29 is 4.74 Å². The van der Waals surface area contributed by atoms with Gasteiger partial charge in [0.05, 0.1) is 13.2 Å². The fourth-order valence-electron chi connectivity index (χ4n) is 1.86. The highest BCUT2D eigenvalue weighted by Crippen LogP contribution is 2.42. The molecule has 0 heterocycles. The van der Waals surface area contributed by atoms with E-state index in [1.54, 1.807) is 19.2 Å². The van der Waals surface area contributed by atoms with Gasteiger partial charge in [0.25, 0.3) is 0 Å². The summed E-state index contributed by atoms with van der Waals surface area (Å²) < 4.78 is 3.63. The van der Waals surface area contributed by atoms with Crippen LogP contribution in [0.25, 0.3) is 0 Å². The van der Waals surface area contributed by atoms with Crippen molar-refractivity contribution in [2.45, 2.75) is 9.83 Å². The van der Waals surface area contributed by atoms with Crippen LogP contribution in [0.3, 0.4) is 0 Å². The van der Waals surface area contributed by atoms with E-state index in [2.05, 4.69) is 5.32 Å². The number of anilines is 1. The second-order valence-corrected chi connectivity index (χ2v) is 7.20. The molecule has 0 spiro atoms. The Balaban J connectivity index is 2.27. The topological polar surface area (TPSA) is 21.3 Å². The van der Waals surface area contributed by atoms with E-state index in [0.717, 1.165) is 17.0 Å². The zero-order chi connectivity index (χ0) is 15.5. The summed E-state index contributed by atoms with van der Waals surface area (Å²) in [6.45, 7) is 0. The Bertz CT molecular complexity index is 578. The molecular weight excluding hydrogens is 352 g/mol. The van der Waals surface area contributed by atoms with Gasteiger partial charge in [-0.15, -0.1) is 0 Å². The van der Waals surface area contributed by atoms with Crippen molar-refractivity contribution in [1.29, 1.82) is 0 Å². The van der Waals surface area contributed by atoms with Crippen molar-refractivity contribution >= 4 is 52.1 Å². The van der Waals surface area contributed by atoms with Crippen LogP contribution >= 0.6 is 46.4 Å². The first-order chi connectivity index (χ1) is 9.90. The lowest BCUT2D eigenvalue weighted by atomic mass is 10.1. The third kappa shape index (κ3) is 4.58. The van der Waals surface area contributed by atoms with Crippen LogP contribution in [0.1, 0.15) is 11.6 Å². The molecule has 0 saturated heterocycles. The number of rotatable bonds is 4. The smallest absolute Gasteiger partial charge is 0.214 e. The van der Waals surface area contributed by atoms with Crippen LogP contribution < -0.4 is 10.1 Å². The van der Waals surface area contributed by atoms with Gasteiger partial charge in [0.15, 0.2) is 0 Å². The molecule has 0 aliphatic heterocycles. The summed E-state index contributed by atoms with van der Waals surface area (Å²) in [4.78, 5) is 0. The fourth-order valence-corrected chi connectivity index (χ4v) is 2.53. The van der Waals surface area contributed by atoms with E-state index in [0.29, 0.717) is 5.02 Å². The van der Waals surface area contributed by atoms with Gasteiger partial charge in [-0.1, -0.05) is 58.5 Å². The zero-order valence-electron chi connectivity index (χ0n) is 11.1. The molecule has 0 bridgehead atoms. The summed E-state index contributed by atoms with van der Waals surface area (Å²) in [5.41, 5.74) is 1.65. The molecule has 112 valence electrons. The minimum absolute atomic E-state index is 0.505. The number of nitrogens with one attached hydrogen (secondary N) is 1. The van der Waals surface area contributed by atoms with E-state index in [9.17, 15) is 0 Å². The van der Waals surface area contributed by atoms with Gasteiger partial charge in [0.1, 0.15) is 5.75 Å². The molecule has 1 unspecified atom stereocenters. The predicted molar refractivity (Wildman–Crippen MR) is 91.1 cm³/mol. The maximum Gasteiger partial charge on any atom is 0.214 e. The Morgan fingerprint density at radius 3 is 2.00 bits per heavy atom. The van der Waals surface area contributed by atoms with E-state index >= 15 is 0 Å². The van der Waals surface area contributed by atoms with Crippen molar-refractivity contribution in [3.05, 3.63) is 59.1 Å². The summed E-state index contributed by atoms with van der Waals surface area (Å²) >= 11 is 24.2. The van der Waals surface area contributed by atoms with Crippen molar-refractivity contribution in [2.24, 2.45) is 0 Å². The van der Waals surface area contributed by atoms with Crippen LogP contribution in [0.4, 0.5) is 5.69 Å². The highest BCUT2D eigenvalue weighted by Gasteiger charge is 2.34. The van der Waals surface area contributed by atoms with Crippen molar-refractivity contribution in [1.82, 2.24) is 0 Å². The molecule has 2 rings (SSSR count). The van der Waals surface area contributed by atoms with E-state index in [4.69, 9.17) is 51.1 Å². The Hall–Kier alpha value is -0.800. The van der Waals surface area contributed by atoms with Gasteiger partial charge in [-0.2, -0.15) is 0 Å². The first-order valence-corrected chi connectivity index (χ1v) is 7.64. The summed E-state index contributed by atoms with van der Waals surface area (Å²) in [5.74, 6) is 0.744. The zero-order valence-corrected chi connectivity index (χ0v) is 14.1. The molecule has 2 nitrogen and oxygen atoms in total. The maximum absolute atomic E-state index is 6.10. The molecule has 6 heteroatoms. The minimum Gasteiger partial charge on any atom is -0.497 e. The van der Waals surface area contributed by atoms with Crippen molar-refractivity contribution in [3.8, 4) is 5.75 Å². The SMILES string of the molecule is COc1ccc(C(Nc2ccc(Cl)cc2)C(Cl)(Cl)Cl)cc1. The summed E-state index contributed by atoms with van der Waals surface area (Å²) in [5, 5.41) is 3.85. The van der Waals surface area contributed by atoms with E-state index in [-0.39, 0.29) is 0 Å². The Morgan fingerprint density at radius 1 is 0.952 bits per heavy atom. The lowest BCUT2D eigenvalue weighted by molar-refractivity contribution is 0.414. The van der Waals surface area contributed by atoms with Crippen LogP contribution in [0, 0.1) is 0 Å². The Kier molecular flexibility index (Phi) is 5.50. The number of hydrogen-bond donors (Lipinski definition) is 1. The summed E-state index contributed by atoms with van der Waals surface area (Å²) in [6, 6.07) is 14.0.